The van der Waals surface area contributed by atoms with E-state index >= 15 is 0 Å². The molecule has 0 aliphatic carbocycles. The predicted molar refractivity (Wildman–Crippen MR) is 124 cm³/mol. The molecular formula is C20H32ClIN4O. The second-order valence-electron chi connectivity index (χ2n) is 7.69. The molecule has 1 fully saturated rings. The highest BCUT2D eigenvalue weighted by molar-refractivity contribution is 14.0. The summed E-state index contributed by atoms with van der Waals surface area (Å²) in [7, 11) is 1.73. The Bertz CT molecular complexity index is 630. The van der Waals surface area contributed by atoms with Crippen LogP contribution >= 0.6 is 35.6 Å². The SMILES string of the molecule is CN=C(NCC(=O)N1CCCCC1)NCC(C)(C)Cc1cccc(Cl)c1.I. The number of hydrogen-bond donors (Lipinski definition) is 2. The van der Waals surface area contributed by atoms with Crippen LogP contribution in [-0.2, 0) is 11.2 Å². The highest BCUT2D eigenvalue weighted by atomic mass is 127. The van der Waals surface area contributed by atoms with Crippen LogP contribution in [0.4, 0.5) is 0 Å². The third-order valence-electron chi connectivity index (χ3n) is 4.65. The molecule has 27 heavy (non-hydrogen) atoms. The Morgan fingerprint density at radius 2 is 1.93 bits per heavy atom. The van der Waals surface area contributed by atoms with E-state index < -0.39 is 0 Å². The van der Waals surface area contributed by atoms with Gasteiger partial charge in [-0.2, -0.15) is 0 Å². The van der Waals surface area contributed by atoms with Gasteiger partial charge in [0.05, 0.1) is 6.54 Å². The van der Waals surface area contributed by atoms with Gasteiger partial charge < -0.3 is 15.5 Å². The molecule has 0 atom stereocenters. The van der Waals surface area contributed by atoms with E-state index in [4.69, 9.17) is 11.6 Å². The molecule has 0 unspecified atom stereocenters. The van der Waals surface area contributed by atoms with Crippen LogP contribution in [0.15, 0.2) is 29.3 Å². The Morgan fingerprint density at radius 3 is 2.56 bits per heavy atom. The van der Waals surface area contributed by atoms with E-state index in [1.54, 1.807) is 7.05 Å². The predicted octanol–water partition coefficient (Wildman–Crippen LogP) is 3.70. The minimum atomic E-state index is 0. The van der Waals surface area contributed by atoms with Gasteiger partial charge in [-0.05, 0) is 48.8 Å². The first kappa shape index (κ1) is 24.0. The fourth-order valence-electron chi connectivity index (χ4n) is 3.22. The minimum absolute atomic E-state index is 0. The molecule has 0 spiro atoms. The molecule has 1 amide bonds. The van der Waals surface area contributed by atoms with Gasteiger partial charge in [0.15, 0.2) is 5.96 Å². The van der Waals surface area contributed by atoms with Crippen LogP contribution in [0.3, 0.4) is 0 Å². The lowest BCUT2D eigenvalue weighted by Crippen LogP contribution is -2.47. The third-order valence-corrected chi connectivity index (χ3v) is 4.88. The van der Waals surface area contributed by atoms with Gasteiger partial charge in [0.25, 0.3) is 0 Å². The van der Waals surface area contributed by atoms with E-state index in [0.29, 0.717) is 5.96 Å². The van der Waals surface area contributed by atoms with Gasteiger partial charge in [-0.15, -0.1) is 24.0 Å². The number of piperidine rings is 1. The number of nitrogens with one attached hydrogen (secondary N) is 2. The number of likely N-dealkylation sites (tertiary alicyclic amines) is 1. The van der Waals surface area contributed by atoms with Gasteiger partial charge in [0.2, 0.25) is 5.91 Å². The molecule has 0 saturated carbocycles. The lowest BCUT2D eigenvalue weighted by molar-refractivity contribution is -0.130. The molecule has 1 aromatic rings. The molecule has 152 valence electrons. The van der Waals surface area contributed by atoms with Gasteiger partial charge in [0.1, 0.15) is 0 Å². The first-order valence-corrected chi connectivity index (χ1v) is 9.74. The zero-order valence-electron chi connectivity index (χ0n) is 16.6. The van der Waals surface area contributed by atoms with Gasteiger partial charge in [-0.25, -0.2) is 0 Å². The largest absolute Gasteiger partial charge is 0.356 e. The molecule has 1 heterocycles. The summed E-state index contributed by atoms with van der Waals surface area (Å²) >= 11 is 6.08. The van der Waals surface area contributed by atoms with Crippen LogP contribution in [-0.4, -0.2) is 50.0 Å². The number of nitrogens with zero attached hydrogens (tertiary/aromatic N) is 2. The van der Waals surface area contributed by atoms with Crippen LogP contribution in [0.1, 0.15) is 38.7 Å². The Kier molecular flexibility index (Phi) is 10.4. The number of rotatable bonds is 6. The Labute approximate surface area is 185 Å². The number of carbonyl (C=O) groups excluding carboxylic acids is 1. The fraction of sp³-hybridized carbons (Fsp3) is 0.600. The number of amides is 1. The summed E-state index contributed by atoms with van der Waals surface area (Å²) < 4.78 is 0. The summed E-state index contributed by atoms with van der Waals surface area (Å²) in [5.41, 5.74) is 1.24. The zero-order chi connectivity index (χ0) is 19.0. The van der Waals surface area contributed by atoms with Gasteiger partial charge in [-0.3, -0.25) is 9.79 Å². The lowest BCUT2D eigenvalue weighted by atomic mass is 9.86. The molecule has 1 saturated heterocycles. The van der Waals surface area contributed by atoms with Gasteiger partial charge in [0, 0.05) is 31.7 Å². The Morgan fingerprint density at radius 1 is 1.22 bits per heavy atom. The Hall–Kier alpha value is -1.02. The molecule has 0 radical (unpaired) electrons. The second-order valence-corrected chi connectivity index (χ2v) is 8.13. The highest BCUT2D eigenvalue weighted by Crippen LogP contribution is 2.22. The van der Waals surface area contributed by atoms with E-state index in [9.17, 15) is 4.79 Å². The average molecular weight is 507 g/mol. The van der Waals surface area contributed by atoms with E-state index in [1.165, 1.54) is 12.0 Å². The van der Waals surface area contributed by atoms with Crippen LogP contribution < -0.4 is 10.6 Å². The molecule has 1 aliphatic rings. The highest BCUT2D eigenvalue weighted by Gasteiger charge is 2.20. The molecule has 1 aliphatic heterocycles. The fourth-order valence-corrected chi connectivity index (χ4v) is 3.43. The van der Waals surface area contributed by atoms with Crippen molar-refractivity contribution in [3.63, 3.8) is 0 Å². The third kappa shape index (κ3) is 8.68. The Balaban J connectivity index is 0.00000364. The standard InChI is InChI=1S/C20H31ClN4O.HI/c1-20(2,13-16-8-7-9-17(21)12-16)15-24-19(22-3)23-14-18(26)25-10-5-4-6-11-25;/h7-9,12H,4-6,10-11,13-15H2,1-3H3,(H2,22,23,24);1H. The average Bonchev–Trinajstić information content (AvgIpc) is 2.62. The topological polar surface area (TPSA) is 56.7 Å². The molecule has 2 rings (SSSR count). The summed E-state index contributed by atoms with van der Waals surface area (Å²) in [5.74, 6) is 0.806. The van der Waals surface area contributed by atoms with E-state index in [0.717, 1.165) is 43.9 Å². The monoisotopic (exact) mass is 506 g/mol. The molecule has 1 aromatic carbocycles. The maximum absolute atomic E-state index is 12.3. The maximum atomic E-state index is 12.3. The van der Waals surface area contributed by atoms with Crippen molar-refractivity contribution in [3.05, 3.63) is 34.9 Å². The van der Waals surface area contributed by atoms with Crippen molar-refractivity contribution in [1.82, 2.24) is 15.5 Å². The summed E-state index contributed by atoms with van der Waals surface area (Å²) in [5, 5.41) is 7.24. The number of hydrogen-bond acceptors (Lipinski definition) is 2. The van der Waals surface area contributed by atoms with Crippen molar-refractivity contribution in [2.75, 3.05) is 33.2 Å². The van der Waals surface area contributed by atoms with Gasteiger partial charge >= 0.3 is 0 Å². The first-order valence-electron chi connectivity index (χ1n) is 9.36. The van der Waals surface area contributed by atoms with E-state index in [-0.39, 0.29) is 41.8 Å². The molecule has 7 heteroatoms. The summed E-state index contributed by atoms with van der Waals surface area (Å²) in [6.45, 7) is 7.18. The van der Waals surface area contributed by atoms with Crippen molar-refractivity contribution < 1.29 is 4.79 Å². The van der Waals surface area contributed by atoms with Crippen LogP contribution in [0, 0.1) is 5.41 Å². The minimum Gasteiger partial charge on any atom is -0.356 e. The van der Waals surface area contributed by atoms with Gasteiger partial charge in [-0.1, -0.05) is 37.6 Å². The van der Waals surface area contributed by atoms with Crippen molar-refractivity contribution in [3.8, 4) is 0 Å². The van der Waals surface area contributed by atoms with Crippen molar-refractivity contribution in [2.45, 2.75) is 39.5 Å². The van der Waals surface area contributed by atoms with Crippen molar-refractivity contribution in [2.24, 2.45) is 10.4 Å². The quantitative estimate of drug-likeness (QED) is 0.351. The van der Waals surface area contributed by atoms with Crippen LogP contribution in [0.2, 0.25) is 5.02 Å². The molecule has 5 nitrogen and oxygen atoms in total. The first-order chi connectivity index (χ1) is 12.4. The number of benzene rings is 1. The number of aliphatic imine (C=N–C) groups is 1. The molecule has 0 bridgehead atoms. The number of halogens is 2. The number of guanidine groups is 1. The van der Waals surface area contributed by atoms with Crippen LogP contribution in [0.5, 0.6) is 0 Å². The van der Waals surface area contributed by atoms with E-state index in [2.05, 4.69) is 35.5 Å². The van der Waals surface area contributed by atoms with Crippen molar-refractivity contribution >= 4 is 47.4 Å². The summed E-state index contributed by atoms with van der Waals surface area (Å²) in [6, 6.07) is 7.97. The second kappa shape index (κ2) is 11.7. The lowest BCUT2D eigenvalue weighted by Gasteiger charge is -2.28. The smallest absolute Gasteiger partial charge is 0.241 e. The maximum Gasteiger partial charge on any atom is 0.241 e. The van der Waals surface area contributed by atoms with Crippen LogP contribution in [0.25, 0.3) is 0 Å². The summed E-state index contributed by atoms with van der Waals surface area (Å²) in [4.78, 5) is 18.4. The van der Waals surface area contributed by atoms with Crippen molar-refractivity contribution in [1.29, 1.82) is 0 Å². The zero-order valence-corrected chi connectivity index (χ0v) is 19.6. The molecule has 0 aromatic heterocycles. The summed E-state index contributed by atoms with van der Waals surface area (Å²) in [6.07, 6.45) is 4.35. The normalized spacial score (nSPS) is 15.1. The molecular weight excluding hydrogens is 475 g/mol. The molecule has 2 N–H and O–H groups in total. The van der Waals surface area contributed by atoms with E-state index in [1.807, 2.05) is 23.1 Å². The number of carbonyl (C=O) groups is 1.